The predicted octanol–water partition coefficient (Wildman–Crippen LogP) is 4.37. The van der Waals surface area contributed by atoms with Gasteiger partial charge in [0.2, 0.25) is 0 Å². The van der Waals surface area contributed by atoms with E-state index in [1.807, 2.05) is 0 Å². The van der Waals surface area contributed by atoms with Crippen molar-refractivity contribution in [1.29, 1.82) is 0 Å². The number of non-ortho nitro benzene ring substituents is 1. The minimum absolute atomic E-state index is 0.104. The number of halogens is 1. The highest BCUT2D eigenvalue weighted by atomic mass is 127. The average Bonchev–Trinajstić information content (AvgIpc) is 2.40. The number of nitro groups is 1. The minimum Gasteiger partial charge on any atom is -0.379 e. The van der Waals surface area contributed by atoms with Crippen molar-refractivity contribution in [3.8, 4) is 0 Å². The standard InChI is InChI=1S/C14H13IN2O2/c1-10(11-2-4-12(15)5-3-11)16-13-6-8-14(9-7-13)17(18)19/h2-10,16H,1H3. The number of benzene rings is 2. The fourth-order valence-electron chi connectivity index (χ4n) is 1.76. The van der Waals surface area contributed by atoms with Gasteiger partial charge in [-0.2, -0.15) is 0 Å². The summed E-state index contributed by atoms with van der Waals surface area (Å²) in [6.45, 7) is 2.06. The fraction of sp³-hybridized carbons (Fsp3) is 0.143. The van der Waals surface area contributed by atoms with Crippen LogP contribution < -0.4 is 5.32 Å². The van der Waals surface area contributed by atoms with Gasteiger partial charge in [0.1, 0.15) is 0 Å². The molecule has 5 heteroatoms. The third kappa shape index (κ3) is 3.66. The van der Waals surface area contributed by atoms with Gasteiger partial charge in [-0.1, -0.05) is 12.1 Å². The Balaban J connectivity index is 2.08. The van der Waals surface area contributed by atoms with Crippen LogP contribution in [0.25, 0.3) is 0 Å². The lowest BCUT2D eigenvalue weighted by molar-refractivity contribution is -0.384. The SMILES string of the molecule is CC(Nc1ccc([N+](=O)[O-])cc1)c1ccc(I)cc1. The Kier molecular flexibility index (Phi) is 4.36. The highest BCUT2D eigenvalue weighted by Gasteiger charge is 2.07. The molecule has 0 aliphatic carbocycles. The molecule has 0 radical (unpaired) electrons. The predicted molar refractivity (Wildman–Crippen MR) is 84.3 cm³/mol. The first kappa shape index (κ1) is 13.8. The molecule has 2 aromatic rings. The first-order valence-corrected chi connectivity index (χ1v) is 6.90. The molecule has 98 valence electrons. The van der Waals surface area contributed by atoms with Crippen LogP contribution in [0, 0.1) is 13.7 Å². The van der Waals surface area contributed by atoms with Crippen LogP contribution in [-0.2, 0) is 0 Å². The van der Waals surface area contributed by atoms with Crippen molar-refractivity contribution >= 4 is 34.0 Å². The Bertz CT molecular complexity index is 567. The number of rotatable bonds is 4. The van der Waals surface area contributed by atoms with Crippen molar-refractivity contribution in [2.75, 3.05) is 5.32 Å². The smallest absolute Gasteiger partial charge is 0.269 e. The van der Waals surface area contributed by atoms with Crippen LogP contribution in [0.4, 0.5) is 11.4 Å². The van der Waals surface area contributed by atoms with Gasteiger partial charge in [0.15, 0.2) is 0 Å². The zero-order valence-electron chi connectivity index (χ0n) is 10.3. The lowest BCUT2D eigenvalue weighted by atomic mass is 10.1. The van der Waals surface area contributed by atoms with Gasteiger partial charge in [-0.05, 0) is 59.3 Å². The van der Waals surface area contributed by atoms with E-state index < -0.39 is 4.92 Å². The summed E-state index contributed by atoms with van der Waals surface area (Å²) in [5.74, 6) is 0. The third-order valence-corrected chi connectivity index (χ3v) is 3.55. The van der Waals surface area contributed by atoms with E-state index in [0.717, 1.165) is 5.69 Å². The summed E-state index contributed by atoms with van der Waals surface area (Å²) >= 11 is 2.27. The lowest BCUT2D eigenvalue weighted by Crippen LogP contribution is -2.06. The number of nitrogens with zero attached hydrogens (tertiary/aromatic N) is 1. The second kappa shape index (κ2) is 6.01. The van der Waals surface area contributed by atoms with E-state index in [-0.39, 0.29) is 11.7 Å². The summed E-state index contributed by atoms with van der Waals surface area (Å²) in [5, 5.41) is 13.9. The van der Waals surface area contributed by atoms with E-state index in [2.05, 4.69) is 59.1 Å². The van der Waals surface area contributed by atoms with Crippen molar-refractivity contribution in [2.24, 2.45) is 0 Å². The highest BCUT2D eigenvalue weighted by Crippen LogP contribution is 2.22. The van der Waals surface area contributed by atoms with Gasteiger partial charge >= 0.3 is 0 Å². The van der Waals surface area contributed by atoms with Crippen molar-refractivity contribution in [3.63, 3.8) is 0 Å². The first-order chi connectivity index (χ1) is 9.06. The van der Waals surface area contributed by atoms with Crippen molar-refractivity contribution in [2.45, 2.75) is 13.0 Å². The number of hydrogen-bond acceptors (Lipinski definition) is 3. The quantitative estimate of drug-likeness (QED) is 0.495. The molecule has 0 fully saturated rings. The van der Waals surface area contributed by atoms with E-state index in [4.69, 9.17) is 0 Å². The first-order valence-electron chi connectivity index (χ1n) is 5.83. The Morgan fingerprint density at radius 3 is 2.21 bits per heavy atom. The van der Waals surface area contributed by atoms with Gasteiger partial charge in [0.25, 0.3) is 5.69 Å². The van der Waals surface area contributed by atoms with Crippen molar-refractivity contribution in [1.82, 2.24) is 0 Å². The van der Waals surface area contributed by atoms with Crippen LogP contribution in [0.5, 0.6) is 0 Å². The Hall–Kier alpha value is -1.63. The fourth-order valence-corrected chi connectivity index (χ4v) is 2.12. The van der Waals surface area contributed by atoms with Crippen LogP contribution in [0.3, 0.4) is 0 Å². The second-order valence-corrected chi connectivity index (χ2v) is 5.47. The Morgan fingerprint density at radius 1 is 1.11 bits per heavy atom. The van der Waals surface area contributed by atoms with Crippen LogP contribution >= 0.6 is 22.6 Å². The van der Waals surface area contributed by atoms with E-state index in [9.17, 15) is 10.1 Å². The average molecular weight is 368 g/mol. The summed E-state index contributed by atoms with van der Waals surface area (Å²) in [6.07, 6.45) is 0. The zero-order chi connectivity index (χ0) is 13.8. The normalized spacial score (nSPS) is 11.9. The second-order valence-electron chi connectivity index (χ2n) is 4.22. The molecule has 1 unspecified atom stereocenters. The van der Waals surface area contributed by atoms with Crippen molar-refractivity contribution in [3.05, 3.63) is 67.8 Å². The number of anilines is 1. The van der Waals surface area contributed by atoms with Gasteiger partial charge in [0.05, 0.1) is 4.92 Å². The number of nitro benzene ring substituents is 1. The molecule has 19 heavy (non-hydrogen) atoms. The topological polar surface area (TPSA) is 55.2 Å². The molecule has 2 aromatic carbocycles. The molecule has 1 atom stereocenters. The largest absolute Gasteiger partial charge is 0.379 e. The molecule has 0 aliphatic rings. The Labute approximate surface area is 125 Å². The number of nitrogens with one attached hydrogen (secondary N) is 1. The summed E-state index contributed by atoms with van der Waals surface area (Å²) < 4.78 is 1.20. The maximum absolute atomic E-state index is 10.6. The molecule has 0 saturated heterocycles. The van der Waals surface area contributed by atoms with Crippen LogP contribution in [-0.4, -0.2) is 4.92 Å². The molecule has 0 spiro atoms. The summed E-state index contributed by atoms with van der Waals surface area (Å²) in [5.41, 5.74) is 2.16. The molecule has 0 saturated carbocycles. The molecular weight excluding hydrogens is 355 g/mol. The van der Waals surface area contributed by atoms with Gasteiger partial charge in [-0.15, -0.1) is 0 Å². The molecule has 0 heterocycles. The molecule has 2 rings (SSSR count). The monoisotopic (exact) mass is 368 g/mol. The molecular formula is C14H13IN2O2. The van der Waals surface area contributed by atoms with Crippen LogP contribution in [0.15, 0.2) is 48.5 Å². The zero-order valence-corrected chi connectivity index (χ0v) is 12.5. The van der Waals surface area contributed by atoms with E-state index in [1.165, 1.54) is 21.3 Å². The van der Waals surface area contributed by atoms with E-state index in [1.54, 1.807) is 12.1 Å². The summed E-state index contributed by atoms with van der Waals surface area (Å²) in [4.78, 5) is 10.2. The summed E-state index contributed by atoms with van der Waals surface area (Å²) in [6, 6.07) is 14.9. The molecule has 1 N–H and O–H groups in total. The third-order valence-electron chi connectivity index (χ3n) is 2.83. The van der Waals surface area contributed by atoms with Crippen LogP contribution in [0.2, 0.25) is 0 Å². The van der Waals surface area contributed by atoms with Crippen molar-refractivity contribution < 1.29 is 4.92 Å². The minimum atomic E-state index is -0.396. The van der Waals surface area contributed by atoms with Gasteiger partial charge < -0.3 is 5.32 Å². The maximum atomic E-state index is 10.6. The molecule has 0 bridgehead atoms. The van der Waals surface area contributed by atoms with E-state index >= 15 is 0 Å². The molecule has 0 aromatic heterocycles. The van der Waals surface area contributed by atoms with Gasteiger partial charge in [-0.3, -0.25) is 10.1 Å². The number of hydrogen-bond donors (Lipinski definition) is 1. The van der Waals surface area contributed by atoms with E-state index in [0.29, 0.717) is 0 Å². The highest BCUT2D eigenvalue weighted by molar-refractivity contribution is 14.1. The molecule has 0 amide bonds. The molecule has 0 aliphatic heterocycles. The molecule has 4 nitrogen and oxygen atoms in total. The van der Waals surface area contributed by atoms with Crippen LogP contribution in [0.1, 0.15) is 18.5 Å². The Morgan fingerprint density at radius 2 is 1.68 bits per heavy atom. The van der Waals surface area contributed by atoms with Gasteiger partial charge in [0, 0.05) is 27.4 Å². The lowest BCUT2D eigenvalue weighted by Gasteiger charge is -2.15. The van der Waals surface area contributed by atoms with Gasteiger partial charge in [-0.25, -0.2) is 0 Å². The summed E-state index contributed by atoms with van der Waals surface area (Å²) in [7, 11) is 0. The maximum Gasteiger partial charge on any atom is 0.269 e.